The summed E-state index contributed by atoms with van der Waals surface area (Å²) in [7, 11) is 0. The molecule has 0 radical (unpaired) electrons. The molecule has 0 bridgehead atoms. The van der Waals surface area contributed by atoms with Gasteiger partial charge in [-0.05, 0) is 42.5 Å². The summed E-state index contributed by atoms with van der Waals surface area (Å²) in [6.07, 6.45) is 4.09. The molecule has 1 aliphatic carbocycles. The Labute approximate surface area is 185 Å². The predicted octanol–water partition coefficient (Wildman–Crippen LogP) is 2.98. The van der Waals surface area contributed by atoms with Crippen molar-refractivity contribution in [2.24, 2.45) is 5.92 Å². The van der Waals surface area contributed by atoms with Gasteiger partial charge in [-0.1, -0.05) is 12.1 Å². The van der Waals surface area contributed by atoms with Gasteiger partial charge in [-0.15, -0.1) is 0 Å². The van der Waals surface area contributed by atoms with E-state index in [-0.39, 0.29) is 11.1 Å². The van der Waals surface area contributed by atoms with Crippen LogP contribution in [0.2, 0.25) is 0 Å². The minimum Gasteiger partial charge on any atom is -0.375 e. The molecule has 2 heterocycles. The van der Waals surface area contributed by atoms with Gasteiger partial charge in [0.25, 0.3) is 11.2 Å². The molecule has 1 aliphatic heterocycles. The molecule has 1 aromatic heterocycles. The number of aromatic amines is 1. The highest BCUT2D eigenvalue weighted by atomic mass is 16.6. The Morgan fingerprint density at radius 3 is 2.56 bits per heavy atom. The van der Waals surface area contributed by atoms with Crippen LogP contribution in [0, 0.1) is 16.0 Å². The Morgan fingerprint density at radius 2 is 1.88 bits per heavy atom. The van der Waals surface area contributed by atoms with Gasteiger partial charge < -0.3 is 15.2 Å². The predicted molar refractivity (Wildman–Crippen MR) is 124 cm³/mol. The molecule has 0 amide bonds. The minimum absolute atomic E-state index is 0.142. The molecule has 2 aromatic carbocycles. The average Bonchev–Trinajstić information content (AvgIpc) is 3.62. The Balaban J connectivity index is 1.24. The second-order valence-electron chi connectivity index (χ2n) is 8.63. The van der Waals surface area contributed by atoms with Crippen molar-refractivity contribution in [3.05, 3.63) is 68.8 Å². The van der Waals surface area contributed by atoms with Crippen LogP contribution in [0.5, 0.6) is 0 Å². The SMILES string of the molecule is O=c1[nH]cnc2cc(NCc3ccc(N4CCN(CC5CC5)CC4)cc3)c([N+](=O)[O-])cc12. The molecule has 0 unspecified atom stereocenters. The zero-order valence-corrected chi connectivity index (χ0v) is 17.8. The largest absolute Gasteiger partial charge is 0.375 e. The van der Waals surface area contributed by atoms with Crippen molar-refractivity contribution in [2.45, 2.75) is 19.4 Å². The van der Waals surface area contributed by atoms with Crippen molar-refractivity contribution < 1.29 is 4.92 Å². The molecule has 32 heavy (non-hydrogen) atoms. The molecule has 3 aromatic rings. The van der Waals surface area contributed by atoms with E-state index < -0.39 is 10.5 Å². The van der Waals surface area contributed by atoms with Gasteiger partial charge >= 0.3 is 0 Å². The van der Waals surface area contributed by atoms with Crippen molar-refractivity contribution in [1.82, 2.24) is 14.9 Å². The van der Waals surface area contributed by atoms with Crippen LogP contribution in [0.3, 0.4) is 0 Å². The number of rotatable bonds is 7. The molecule has 0 spiro atoms. The molecule has 9 nitrogen and oxygen atoms in total. The zero-order chi connectivity index (χ0) is 22.1. The van der Waals surface area contributed by atoms with Crippen LogP contribution < -0.4 is 15.8 Å². The van der Waals surface area contributed by atoms with E-state index in [4.69, 9.17) is 0 Å². The third-order valence-electron chi connectivity index (χ3n) is 6.32. The van der Waals surface area contributed by atoms with Crippen molar-refractivity contribution in [3.63, 3.8) is 0 Å². The van der Waals surface area contributed by atoms with Gasteiger partial charge in [0, 0.05) is 51.0 Å². The first-order chi connectivity index (χ1) is 15.6. The van der Waals surface area contributed by atoms with Gasteiger partial charge in [0.1, 0.15) is 5.69 Å². The molecule has 9 heteroatoms. The number of nitro benzene ring substituents is 1. The zero-order valence-electron chi connectivity index (χ0n) is 17.8. The molecular formula is C23H26N6O3. The smallest absolute Gasteiger partial charge is 0.293 e. The fraction of sp³-hybridized carbons (Fsp3) is 0.391. The fourth-order valence-corrected chi connectivity index (χ4v) is 4.27. The van der Waals surface area contributed by atoms with Gasteiger partial charge in [0.2, 0.25) is 0 Å². The topological polar surface area (TPSA) is 107 Å². The lowest BCUT2D eigenvalue weighted by atomic mass is 10.1. The van der Waals surface area contributed by atoms with Gasteiger partial charge in [-0.2, -0.15) is 0 Å². The van der Waals surface area contributed by atoms with Crippen molar-refractivity contribution >= 4 is 28.0 Å². The van der Waals surface area contributed by atoms with Gasteiger partial charge in [-0.25, -0.2) is 4.98 Å². The fourth-order valence-electron chi connectivity index (χ4n) is 4.27. The van der Waals surface area contributed by atoms with Crippen LogP contribution in [-0.4, -0.2) is 52.5 Å². The number of benzene rings is 2. The second-order valence-corrected chi connectivity index (χ2v) is 8.63. The molecule has 5 rings (SSSR count). The van der Waals surface area contributed by atoms with E-state index in [1.54, 1.807) is 6.07 Å². The number of nitrogens with zero attached hydrogens (tertiary/aromatic N) is 4. The maximum Gasteiger partial charge on any atom is 0.293 e. The van der Waals surface area contributed by atoms with E-state index in [0.717, 1.165) is 37.7 Å². The summed E-state index contributed by atoms with van der Waals surface area (Å²) in [6.45, 7) is 6.00. The number of piperazine rings is 1. The third-order valence-corrected chi connectivity index (χ3v) is 6.32. The summed E-state index contributed by atoms with van der Waals surface area (Å²) in [5.74, 6) is 0.934. The minimum atomic E-state index is -0.486. The lowest BCUT2D eigenvalue weighted by Crippen LogP contribution is -2.47. The average molecular weight is 435 g/mol. The number of nitro groups is 1. The summed E-state index contributed by atoms with van der Waals surface area (Å²) >= 11 is 0. The molecule has 0 atom stereocenters. The van der Waals surface area contributed by atoms with Crippen LogP contribution in [0.25, 0.3) is 10.9 Å². The van der Waals surface area contributed by atoms with Gasteiger partial charge in [0.15, 0.2) is 0 Å². The van der Waals surface area contributed by atoms with E-state index in [1.807, 2.05) is 0 Å². The number of anilines is 2. The van der Waals surface area contributed by atoms with E-state index in [9.17, 15) is 14.9 Å². The highest BCUT2D eigenvalue weighted by Gasteiger charge is 2.26. The van der Waals surface area contributed by atoms with E-state index >= 15 is 0 Å². The van der Waals surface area contributed by atoms with Crippen molar-refractivity contribution in [1.29, 1.82) is 0 Å². The first-order valence-corrected chi connectivity index (χ1v) is 11.0. The Hall–Kier alpha value is -3.46. The quantitative estimate of drug-likeness (QED) is 0.435. The molecule has 1 saturated heterocycles. The summed E-state index contributed by atoms with van der Waals surface area (Å²) in [6, 6.07) is 11.2. The van der Waals surface area contributed by atoms with E-state index in [0.29, 0.717) is 17.7 Å². The molecule has 166 valence electrons. The van der Waals surface area contributed by atoms with Crippen LogP contribution in [0.1, 0.15) is 18.4 Å². The second kappa shape index (κ2) is 8.58. The highest BCUT2D eigenvalue weighted by Crippen LogP contribution is 2.30. The molecule has 2 N–H and O–H groups in total. The van der Waals surface area contributed by atoms with Crippen molar-refractivity contribution in [2.75, 3.05) is 42.9 Å². The molecule has 2 aliphatic rings. The molecule has 1 saturated carbocycles. The maximum absolute atomic E-state index is 11.9. The normalized spacial score (nSPS) is 16.9. The van der Waals surface area contributed by atoms with Crippen LogP contribution in [0.4, 0.5) is 17.1 Å². The number of fused-ring (bicyclic) bond motifs is 1. The third kappa shape index (κ3) is 4.43. The standard InChI is InChI=1S/C23H26N6O3/c30-23-19-11-22(29(31)32)21(12-20(19)25-15-26-23)24-13-16-3-5-18(6-4-16)28-9-7-27(8-10-28)14-17-1-2-17/h3-6,11-12,15,17,24H,1-2,7-10,13-14H2,(H,25,26,30). The monoisotopic (exact) mass is 434 g/mol. The Morgan fingerprint density at radius 1 is 1.12 bits per heavy atom. The first-order valence-electron chi connectivity index (χ1n) is 11.0. The number of aromatic nitrogens is 2. The van der Waals surface area contributed by atoms with E-state index in [2.05, 4.69) is 49.4 Å². The summed E-state index contributed by atoms with van der Waals surface area (Å²) < 4.78 is 0. The van der Waals surface area contributed by atoms with Crippen LogP contribution in [-0.2, 0) is 6.54 Å². The molecule has 2 fully saturated rings. The number of nitrogens with one attached hydrogen (secondary N) is 2. The number of H-pyrrole nitrogens is 1. The van der Waals surface area contributed by atoms with Crippen LogP contribution >= 0.6 is 0 Å². The Bertz CT molecular complexity index is 1180. The summed E-state index contributed by atoms with van der Waals surface area (Å²) in [4.78, 5) is 34.5. The maximum atomic E-state index is 11.9. The first kappa shape index (κ1) is 20.4. The van der Waals surface area contributed by atoms with E-state index in [1.165, 1.54) is 37.5 Å². The number of hydrogen-bond acceptors (Lipinski definition) is 7. The molecular weight excluding hydrogens is 408 g/mol. The summed E-state index contributed by atoms with van der Waals surface area (Å²) in [5, 5.41) is 14.9. The van der Waals surface area contributed by atoms with Crippen molar-refractivity contribution in [3.8, 4) is 0 Å². The highest BCUT2D eigenvalue weighted by molar-refractivity contribution is 5.86. The van der Waals surface area contributed by atoms with Gasteiger partial charge in [-0.3, -0.25) is 19.8 Å². The lowest BCUT2D eigenvalue weighted by molar-refractivity contribution is -0.383. The van der Waals surface area contributed by atoms with Crippen LogP contribution in [0.15, 0.2) is 47.5 Å². The lowest BCUT2D eigenvalue weighted by Gasteiger charge is -2.36. The Kier molecular flexibility index (Phi) is 5.48. The summed E-state index contributed by atoms with van der Waals surface area (Å²) in [5.41, 5.74) is 2.45. The van der Waals surface area contributed by atoms with Gasteiger partial charge in [0.05, 0.1) is 22.2 Å². The number of hydrogen-bond donors (Lipinski definition) is 2.